The predicted molar refractivity (Wildman–Crippen MR) is 133 cm³/mol. The zero-order valence-electron chi connectivity index (χ0n) is 24.7. The Bertz CT molecular complexity index is 678. The molecule has 40 heavy (non-hydrogen) atoms. The van der Waals surface area contributed by atoms with E-state index in [1.165, 1.54) is 0 Å². The Hall–Kier alpha value is 0.413. The van der Waals surface area contributed by atoms with Crippen LogP contribution < -0.4 is 124 Å². The smallest absolute Gasteiger partial charge is 0.550 e. The number of rotatable bonds is 20. The van der Waals surface area contributed by atoms with Gasteiger partial charge in [-0.15, -0.1) is 0 Å². The Morgan fingerprint density at radius 2 is 0.850 bits per heavy atom. The van der Waals surface area contributed by atoms with Crippen LogP contribution >= 0.6 is 0 Å². The molecule has 14 heteroatoms. The summed E-state index contributed by atoms with van der Waals surface area (Å²) in [6.45, 7) is 4.20. The van der Waals surface area contributed by atoms with Crippen LogP contribution in [0.2, 0.25) is 0 Å². The zero-order valence-corrected chi connectivity index (χ0v) is 31.0. The van der Waals surface area contributed by atoms with Crippen LogP contribution in [0.15, 0.2) is 0 Å². The Morgan fingerprint density at radius 3 is 1.12 bits per heavy atom. The van der Waals surface area contributed by atoms with Gasteiger partial charge in [0, 0.05) is 24.8 Å². The van der Waals surface area contributed by atoms with Gasteiger partial charge in [-0.25, -0.2) is 9.59 Å². The van der Waals surface area contributed by atoms with E-state index in [1.54, 1.807) is 0 Å². The second kappa shape index (κ2) is 32.3. The number of carboxylic acids is 2. The zero-order chi connectivity index (χ0) is 29.3. The molecule has 0 aliphatic carbocycles. The fourth-order valence-corrected chi connectivity index (χ4v) is 3.01. The average Bonchev–Trinajstić information content (AvgIpc) is 2.85. The van der Waals surface area contributed by atoms with E-state index in [9.17, 15) is 39.0 Å². The molecular formula is C26H44K2N2O10. The van der Waals surface area contributed by atoms with Gasteiger partial charge in [-0.1, -0.05) is 65.2 Å². The van der Waals surface area contributed by atoms with Crippen LogP contribution in [0, 0.1) is 0 Å². The molecule has 0 aliphatic rings. The summed E-state index contributed by atoms with van der Waals surface area (Å²) in [6.07, 6.45) is 9.34. The van der Waals surface area contributed by atoms with Gasteiger partial charge in [0.05, 0.1) is 0 Å². The van der Waals surface area contributed by atoms with Gasteiger partial charge in [0.25, 0.3) is 0 Å². The third-order valence-corrected chi connectivity index (χ3v) is 5.32. The number of unbranched alkanes of at least 4 members (excludes halogenated alkanes) is 8. The summed E-state index contributed by atoms with van der Waals surface area (Å²) in [5.41, 5.74) is 10.8. The monoisotopic (exact) mass is 622 g/mol. The summed E-state index contributed by atoms with van der Waals surface area (Å²) in [4.78, 5) is 65.6. The molecule has 0 saturated heterocycles. The Morgan fingerprint density at radius 1 is 0.550 bits per heavy atom. The summed E-state index contributed by atoms with van der Waals surface area (Å²) >= 11 is 0. The van der Waals surface area contributed by atoms with Crippen molar-refractivity contribution in [3.8, 4) is 0 Å². The van der Waals surface area contributed by atoms with Crippen molar-refractivity contribution in [3.63, 3.8) is 0 Å². The molecule has 0 aromatic carbocycles. The molecule has 220 valence electrons. The molecule has 0 aromatic heterocycles. The van der Waals surface area contributed by atoms with Gasteiger partial charge in [-0.05, 0) is 38.5 Å². The van der Waals surface area contributed by atoms with Crippen LogP contribution in [0.4, 0.5) is 0 Å². The number of carbonyl (C=O) groups excluding carboxylic acids is 6. The van der Waals surface area contributed by atoms with Gasteiger partial charge in [0.2, 0.25) is 0 Å². The standard InChI is InChI=1S/2C13H23NO5.2K/c2*1-2-3-4-5-6-7-12(17)19-13(18)10(14)8-9-11(15)16;;/h2*10H,2-9,14H2,1H3,(H,15,16);;/q;;2*+1/p-2/t2*10-;;/m00../s1. The first kappa shape index (κ1) is 47.3. The molecule has 2 atom stereocenters. The van der Waals surface area contributed by atoms with Crippen LogP contribution in [0.5, 0.6) is 0 Å². The van der Waals surface area contributed by atoms with E-state index in [0.717, 1.165) is 51.4 Å². The molecule has 4 N–H and O–H groups in total. The molecule has 0 saturated carbocycles. The van der Waals surface area contributed by atoms with Crippen molar-refractivity contribution < 1.29 is 151 Å². The van der Waals surface area contributed by atoms with Gasteiger partial charge < -0.3 is 40.7 Å². The SMILES string of the molecule is CCCCCCCC(=O)OC(=O)[C@@H](N)CCC(=O)[O-].CCCCCCCC(=O)OC(=O)[C@@H](N)CCC(=O)[O-].[K+].[K+]. The topological polar surface area (TPSA) is 219 Å². The number of hydrogen-bond acceptors (Lipinski definition) is 12. The van der Waals surface area contributed by atoms with E-state index in [4.69, 9.17) is 11.5 Å². The molecule has 0 amide bonds. The molecule has 0 unspecified atom stereocenters. The molecule has 0 fully saturated rings. The summed E-state index contributed by atoms with van der Waals surface area (Å²) in [7, 11) is 0. The van der Waals surface area contributed by atoms with Gasteiger partial charge in [-0.3, -0.25) is 9.59 Å². The van der Waals surface area contributed by atoms with E-state index in [0.29, 0.717) is 12.8 Å². The molecule has 0 spiro atoms. The van der Waals surface area contributed by atoms with Crippen molar-refractivity contribution in [2.45, 2.75) is 129 Å². The Balaban J connectivity index is -0.000000309. The second-order valence-electron chi connectivity index (χ2n) is 8.95. The first-order valence-electron chi connectivity index (χ1n) is 13.3. The summed E-state index contributed by atoms with van der Waals surface area (Å²) in [5.74, 6) is -5.54. The average molecular weight is 623 g/mol. The van der Waals surface area contributed by atoms with Gasteiger partial charge in [0.1, 0.15) is 12.1 Å². The predicted octanol–water partition coefficient (Wildman–Crippen LogP) is -5.44. The molecule has 12 nitrogen and oxygen atoms in total. The fraction of sp³-hybridized carbons (Fsp3) is 0.769. The van der Waals surface area contributed by atoms with E-state index in [1.807, 2.05) is 0 Å². The first-order valence-corrected chi connectivity index (χ1v) is 13.3. The Labute approximate surface area is 322 Å². The van der Waals surface area contributed by atoms with E-state index in [2.05, 4.69) is 23.3 Å². The first-order chi connectivity index (χ1) is 17.9. The van der Waals surface area contributed by atoms with Crippen molar-refractivity contribution >= 4 is 35.8 Å². The minimum Gasteiger partial charge on any atom is -0.550 e. The number of aliphatic carboxylic acids is 2. The van der Waals surface area contributed by atoms with Crippen molar-refractivity contribution in [1.29, 1.82) is 0 Å². The summed E-state index contributed by atoms with van der Waals surface area (Å²) < 4.78 is 9.07. The minimum absolute atomic E-state index is 0. The van der Waals surface area contributed by atoms with Crippen LogP contribution in [0.3, 0.4) is 0 Å². The van der Waals surface area contributed by atoms with Crippen molar-refractivity contribution in [2.75, 3.05) is 0 Å². The van der Waals surface area contributed by atoms with E-state index < -0.39 is 47.9 Å². The van der Waals surface area contributed by atoms with E-state index in [-0.39, 0.29) is 141 Å². The number of carbonyl (C=O) groups is 6. The van der Waals surface area contributed by atoms with Crippen LogP contribution in [-0.2, 0) is 38.2 Å². The molecule has 0 rings (SSSR count). The molecule has 0 radical (unpaired) electrons. The molecular weight excluding hydrogens is 578 g/mol. The fourth-order valence-electron chi connectivity index (χ4n) is 3.01. The number of esters is 4. The number of carboxylic acid groups (broad SMARTS) is 2. The number of nitrogens with two attached hydrogens (primary N) is 2. The quantitative estimate of drug-likeness (QED) is 0.0562. The van der Waals surface area contributed by atoms with Crippen LogP contribution in [-0.4, -0.2) is 47.9 Å². The van der Waals surface area contributed by atoms with Crippen molar-refractivity contribution in [2.24, 2.45) is 11.5 Å². The normalized spacial score (nSPS) is 11.3. The third-order valence-electron chi connectivity index (χ3n) is 5.32. The minimum atomic E-state index is -1.29. The maximum Gasteiger partial charge on any atom is 1.00 e. The van der Waals surface area contributed by atoms with Gasteiger partial charge in [0.15, 0.2) is 0 Å². The molecule has 0 bridgehead atoms. The third kappa shape index (κ3) is 32.9. The number of hydrogen-bond donors (Lipinski definition) is 2. The van der Waals surface area contributed by atoms with Crippen LogP contribution in [0.25, 0.3) is 0 Å². The van der Waals surface area contributed by atoms with Crippen LogP contribution in [0.1, 0.15) is 117 Å². The van der Waals surface area contributed by atoms with Crippen molar-refractivity contribution in [1.82, 2.24) is 0 Å². The molecule has 0 heterocycles. The number of ether oxygens (including phenoxy) is 2. The molecule has 0 aromatic rings. The van der Waals surface area contributed by atoms with E-state index >= 15 is 0 Å². The second-order valence-corrected chi connectivity index (χ2v) is 8.95. The van der Waals surface area contributed by atoms with Crippen molar-refractivity contribution in [3.05, 3.63) is 0 Å². The summed E-state index contributed by atoms with van der Waals surface area (Å²) in [6, 6.07) is -2.19. The molecule has 0 aliphatic heterocycles. The van der Waals surface area contributed by atoms with Gasteiger partial charge in [-0.2, -0.15) is 0 Å². The Kier molecular flexibility index (Phi) is 38.3. The summed E-state index contributed by atoms with van der Waals surface area (Å²) in [5, 5.41) is 20.4. The maximum atomic E-state index is 11.3. The largest absolute Gasteiger partial charge is 1.00 e. The van der Waals surface area contributed by atoms with Gasteiger partial charge >= 0.3 is 127 Å². The maximum absolute atomic E-state index is 11.3.